The first kappa shape index (κ1) is 46.5. The Kier molecular flexibility index (Phi) is 11.8. The van der Waals surface area contributed by atoms with Gasteiger partial charge in [-0.15, -0.1) is 0 Å². The summed E-state index contributed by atoms with van der Waals surface area (Å²) >= 11 is 0. The van der Waals surface area contributed by atoms with Crippen molar-refractivity contribution in [3.8, 4) is 108 Å². The molecular formula is C66H41F3N8. The number of para-hydroxylation sites is 1. The highest BCUT2D eigenvalue weighted by Gasteiger charge is 2.35. The maximum absolute atomic E-state index is 16.0. The molecule has 0 aliphatic carbocycles. The lowest BCUT2D eigenvalue weighted by Crippen LogP contribution is -2.11. The van der Waals surface area contributed by atoms with Gasteiger partial charge in [0.2, 0.25) is 0 Å². The van der Waals surface area contributed by atoms with Crippen LogP contribution >= 0.6 is 0 Å². The number of hydrogen-bond acceptors (Lipinski definition) is 7. The molecule has 0 spiro atoms. The smallest absolute Gasteiger partial charge is 0.308 e. The molecule has 0 saturated heterocycles. The van der Waals surface area contributed by atoms with E-state index >= 15 is 13.2 Å². The second-order valence-electron chi connectivity index (χ2n) is 18.4. The fraction of sp³-hybridized carbons (Fsp3) is 0.0152. The van der Waals surface area contributed by atoms with Crippen LogP contribution in [0.25, 0.3) is 129 Å². The molecule has 0 unspecified atom stereocenters. The van der Waals surface area contributed by atoms with Gasteiger partial charge in [-0.3, -0.25) is 0 Å². The van der Waals surface area contributed by atoms with E-state index in [1.54, 1.807) is 6.07 Å². The Morgan fingerprint density at radius 2 is 0.636 bits per heavy atom. The normalized spacial score (nSPS) is 11.6. The summed E-state index contributed by atoms with van der Waals surface area (Å²) in [6.07, 6.45) is -4.82. The monoisotopic (exact) mass is 1000 g/mol. The molecule has 4 aromatic heterocycles. The highest BCUT2D eigenvalue weighted by molar-refractivity contribution is 6.11. The molecule has 0 amide bonds. The zero-order chi connectivity index (χ0) is 51.9. The highest BCUT2D eigenvalue weighted by atomic mass is 19.4. The summed E-state index contributed by atoms with van der Waals surface area (Å²) in [7, 11) is 0. The lowest BCUT2D eigenvalue weighted by atomic mass is 9.96. The number of benzene rings is 9. The zero-order valence-corrected chi connectivity index (χ0v) is 40.9. The highest BCUT2D eigenvalue weighted by Crippen LogP contribution is 2.46. The molecule has 13 rings (SSSR count). The number of hydrogen-bond donors (Lipinski definition) is 0. The number of nitrogens with zero attached hydrogens (tertiary/aromatic N) is 8. The van der Waals surface area contributed by atoms with Gasteiger partial charge in [0.1, 0.15) is 0 Å². The average Bonchev–Trinajstić information content (AvgIpc) is 4.06. The van der Waals surface area contributed by atoms with Crippen molar-refractivity contribution >= 4 is 21.8 Å². The quantitative estimate of drug-likeness (QED) is 0.135. The van der Waals surface area contributed by atoms with Gasteiger partial charge in [0, 0.05) is 60.8 Å². The van der Waals surface area contributed by atoms with E-state index in [9.17, 15) is 0 Å². The van der Waals surface area contributed by atoms with Crippen LogP contribution in [-0.4, -0.2) is 39.5 Å². The average molecular weight is 1000 g/mol. The van der Waals surface area contributed by atoms with Gasteiger partial charge in [-0.05, 0) is 36.4 Å². The number of alkyl halides is 3. The predicted molar refractivity (Wildman–Crippen MR) is 299 cm³/mol. The summed E-state index contributed by atoms with van der Waals surface area (Å²) < 4.78 is 50.0. The minimum atomic E-state index is -4.82. The van der Waals surface area contributed by atoms with Crippen LogP contribution in [0.1, 0.15) is 5.56 Å². The van der Waals surface area contributed by atoms with Crippen molar-refractivity contribution in [3.63, 3.8) is 0 Å². The Balaban J connectivity index is 1.17. The van der Waals surface area contributed by atoms with Crippen molar-refractivity contribution in [1.82, 2.24) is 39.5 Å². The molecule has 0 radical (unpaired) electrons. The summed E-state index contributed by atoms with van der Waals surface area (Å²) in [5.41, 5.74) is 8.23. The fourth-order valence-corrected chi connectivity index (χ4v) is 9.83. The van der Waals surface area contributed by atoms with Gasteiger partial charge in [-0.2, -0.15) is 13.2 Å². The van der Waals surface area contributed by atoms with Gasteiger partial charge in [-0.1, -0.05) is 212 Å². The first-order valence-electron chi connectivity index (χ1n) is 25.0. The van der Waals surface area contributed by atoms with Gasteiger partial charge < -0.3 is 4.57 Å². The van der Waals surface area contributed by atoms with E-state index in [4.69, 9.17) is 34.9 Å². The van der Waals surface area contributed by atoms with E-state index in [0.29, 0.717) is 62.7 Å². The van der Waals surface area contributed by atoms with Gasteiger partial charge in [0.25, 0.3) is 0 Å². The van der Waals surface area contributed by atoms with Crippen LogP contribution in [-0.2, 0) is 6.18 Å². The molecule has 0 fully saturated rings. The summed E-state index contributed by atoms with van der Waals surface area (Å²) in [5.74, 6) is 1.79. The molecule has 4 heterocycles. The van der Waals surface area contributed by atoms with Crippen LogP contribution < -0.4 is 0 Å². The van der Waals surface area contributed by atoms with E-state index in [-0.39, 0.29) is 22.6 Å². The van der Waals surface area contributed by atoms with Crippen LogP contribution in [0.3, 0.4) is 0 Å². The van der Waals surface area contributed by atoms with Crippen LogP contribution in [0.15, 0.2) is 249 Å². The lowest BCUT2D eigenvalue weighted by molar-refractivity contribution is -0.137. The van der Waals surface area contributed by atoms with E-state index in [1.807, 2.05) is 235 Å². The van der Waals surface area contributed by atoms with E-state index < -0.39 is 11.7 Å². The Morgan fingerprint density at radius 1 is 0.273 bits per heavy atom. The largest absolute Gasteiger partial charge is 0.416 e. The van der Waals surface area contributed by atoms with Gasteiger partial charge in [0.15, 0.2) is 29.1 Å². The molecule has 11 heteroatoms. The van der Waals surface area contributed by atoms with Crippen LogP contribution in [0.4, 0.5) is 13.2 Å². The summed E-state index contributed by atoms with van der Waals surface area (Å²) in [6.45, 7) is 0. The van der Waals surface area contributed by atoms with Crippen molar-refractivity contribution in [1.29, 1.82) is 0 Å². The first-order chi connectivity index (χ1) is 37.8. The third-order valence-electron chi connectivity index (χ3n) is 13.5. The molecule has 0 aliphatic rings. The Morgan fingerprint density at radius 3 is 1.12 bits per heavy atom. The van der Waals surface area contributed by atoms with Crippen LogP contribution in [0, 0.1) is 0 Å². The topological polar surface area (TPSA) is 95.2 Å². The Labute approximate surface area is 440 Å². The molecule has 0 bridgehead atoms. The zero-order valence-electron chi connectivity index (χ0n) is 40.9. The van der Waals surface area contributed by atoms with Crippen LogP contribution in [0.5, 0.6) is 0 Å². The molecular weight excluding hydrogens is 962 g/mol. The third-order valence-corrected chi connectivity index (χ3v) is 13.5. The van der Waals surface area contributed by atoms with Crippen molar-refractivity contribution in [2.75, 3.05) is 0 Å². The first-order valence-corrected chi connectivity index (χ1v) is 25.0. The number of aromatic nitrogens is 8. The van der Waals surface area contributed by atoms with Crippen molar-refractivity contribution in [3.05, 3.63) is 254 Å². The summed E-state index contributed by atoms with van der Waals surface area (Å²) in [4.78, 5) is 35.8. The molecule has 0 aliphatic heterocycles. The van der Waals surface area contributed by atoms with Gasteiger partial charge in [0.05, 0.1) is 45.1 Å². The SMILES string of the molecule is FC(F)(F)c1cc(-c2cc(-c3ccccc3)nc(-c3ccccc3)n2)c(-n2c3ccccc3c3ccc(-c4nc(-c5ccccc5)nc(-c5ccccc5)n4)cc32)c(-c2nc(-c3ccccc3)cc(-c3ccccc3)n2)c1. The van der Waals surface area contributed by atoms with Crippen molar-refractivity contribution in [2.45, 2.75) is 6.18 Å². The molecule has 0 atom stereocenters. The number of halogens is 3. The Hall–Kier alpha value is -10.3. The molecule has 0 N–H and O–H groups in total. The predicted octanol–water partition coefficient (Wildman–Crippen LogP) is 16.6. The summed E-state index contributed by atoms with van der Waals surface area (Å²) in [6, 6.07) is 77.6. The summed E-state index contributed by atoms with van der Waals surface area (Å²) in [5, 5.41) is 1.70. The van der Waals surface area contributed by atoms with E-state index in [0.717, 1.165) is 44.1 Å². The molecule has 8 nitrogen and oxygen atoms in total. The molecule has 0 saturated carbocycles. The third kappa shape index (κ3) is 9.06. The van der Waals surface area contributed by atoms with Gasteiger partial charge in [-0.25, -0.2) is 34.9 Å². The molecule has 77 heavy (non-hydrogen) atoms. The van der Waals surface area contributed by atoms with E-state index in [1.165, 1.54) is 12.1 Å². The second kappa shape index (κ2) is 19.5. The number of fused-ring (bicyclic) bond motifs is 3. The standard InChI is InChI=1S/C66H41F3N8/c67-66(68,69)49-38-52(57-41-56(44-25-11-3-12-26-44)70-61(73-57)45-27-13-4-14-28-45)60(53(39-49)65-71-54(42-21-7-1-8-22-42)40-55(72-65)43-23-9-2-10-24-43)77-58-34-20-19-33-50(58)51-36-35-48(37-59(51)77)64-75-62(46-29-15-5-16-30-46)74-63(76-64)47-31-17-6-18-32-47/h1-41H. The minimum absolute atomic E-state index is 0.0766. The van der Waals surface area contributed by atoms with Crippen molar-refractivity contribution < 1.29 is 13.2 Å². The maximum Gasteiger partial charge on any atom is 0.416 e. The molecule has 9 aromatic carbocycles. The van der Waals surface area contributed by atoms with E-state index in [2.05, 4.69) is 0 Å². The molecule has 13 aromatic rings. The fourth-order valence-electron chi connectivity index (χ4n) is 9.83. The van der Waals surface area contributed by atoms with Crippen molar-refractivity contribution in [2.24, 2.45) is 0 Å². The minimum Gasteiger partial charge on any atom is -0.308 e. The lowest BCUT2D eigenvalue weighted by Gasteiger charge is -2.22. The second-order valence-corrected chi connectivity index (χ2v) is 18.4. The van der Waals surface area contributed by atoms with Gasteiger partial charge >= 0.3 is 6.18 Å². The maximum atomic E-state index is 16.0. The Bertz CT molecular complexity index is 3970. The number of rotatable bonds is 10. The molecule has 366 valence electrons. The van der Waals surface area contributed by atoms with Crippen LogP contribution in [0.2, 0.25) is 0 Å².